The van der Waals surface area contributed by atoms with E-state index in [-0.39, 0.29) is 6.54 Å². The molecule has 0 radical (unpaired) electrons. The molecule has 0 saturated heterocycles. The van der Waals surface area contributed by atoms with Gasteiger partial charge in [0.25, 0.3) is 0 Å². The molecule has 5 nitrogen and oxygen atoms in total. The van der Waals surface area contributed by atoms with Gasteiger partial charge in [0.1, 0.15) is 5.01 Å². The maximum absolute atomic E-state index is 12.6. The molecular formula is C15H20F3N5S2. The van der Waals surface area contributed by atoms with Crippen LogP contribution < -0.4 is 10.6 Å². The molecule has 0 aliphatic rings. The van der Waals surface area contributed by atoms with E-state index in [0.717, 1.165) is 27.4 Å². The Balaban J connectivity index is 1.96. The topological polar surface area (TPSA) is 62.2 Å². The second-order valence-corrected chi connectivity index (χ2v) is 7.34. The fourth-order valence-electron chi connectivity index (χ4n) is 1.84. The van der Waals surface area contributed by atoms with Gasteiger partial charge in [-0.05, 0) is 6.92 Å². The Hall–Kier alpha value is -1.68. The molecule has 0 bridgehead atoms. The number of halogens is 3. The molecule has 2 rings (SSSR count). The van der Waals surface area contributed by atoms with E-state index in [4.69, 9.17) is 0 Å². The molecule has 10 heteroatoms. The van der Waals surface area contributed by atoms with Gasteiger partial charge in [-0.25, -0.2) is 15.0 Å². The lowest BCUT2D eigenvalue weighted by molar-refractivity contribution is -0.140. The van der Waals surface area contributed by atoms with E-state index < -0.39 is 11.9 Å². The summed E-state index contributed by atoms with van der Waals surface area (Å²) in [6, 6.07) is 0. The van der Waals surface area contributed by atoms with Crippen LogP contribution in [0.3, 0.4) is 0 Å². The second kappa shape index (κ2) is 8.61. The molecule has 0 saturated carbocycles. The van der Waals surface area contributed by atoms with E-state index in [1.54, 1.807) is 11.3 Å². The Kier molecular flexibility index (Phi) is 6.77. The number of hydrogen-bond acceptors (Lipinski definition) is 5. The van der Waals surface area contributed by atoms with Crippen LogP contribution in [0, 0.1) is 0 Å². The van der Waals surface area contributed by atoms with E-state index >= 15 is 0 Å². The van der Waals surface area contributed by atoms with Crippen LogP contribution in [0.15, 0.2) is 15.8 Å². The lowest BCUT2D eigenvalue weighted by Gasteiger charge is -2.09. The highest BCUT2D eigenvalue weighted by molar-refractivity contribution is 7.10. The van der Waals surface area contributed by atoms with E-state index in [9.17, 15) is 13.2 Å². The van der Waals surface area contributed by atoms with Gasteiger partial charge in [0, 0.05) is 23.2 Å². The van der Waals surface area contributed by atoms with Gasteiger partial charge >= 0.3 is 6.18 Å². The fraction of sp³-hybridized carbons (Fsp3) is 0.533. The summed E-state index contributed by atoms with van der Waals surface area (Å²) in [5, 5.41) is 10.5. The molecule has 0 spiro atoms. The van der Waals surface area contributed by atoms with Crippen LogP contribution in [0.25, 0.3) is 0 Å². The van der Waals surface area contributed by atoms with Crippen molar-refractivity contribution in [1.29, 1.82) is 0 Å². The quantitative estimate of drug-likeness (QED) is 0.577. The van der Waals surface area contributed by atoms with Gasteiger partial charge in [-0.2, -0.15) is 13.2 Å². The third-order valence-corrected chi connectivity index (χ3v) is 5.10. The van der Waals surface area contributed by atoms with Gasteiger partial charge in [-0.15, -0.1) is 22.7 Å². The van der Waals surface area contributed by atoms with Crippen LogP contribution in [-0.4, -0.2) is 22.5 Å². The van der Waals surface area contributed by atoms with E-state index in [1.807, 2.05) is 12.3 Å². The molecule has 0 unspecified atom stereocenters. The number of thiazole rings is 2. The summed E-state index contributed by atoms with van der Waals surface area (Å²) < 4.78 is 37.7. The molecule has 2 N–H and O–H groups in total. The number of nitrogens with one attached hydrogen (secondary N) is 2. The maximum atomic E-state index is 12.6. The van der Waals surface area contributed by atoms with Crippen molar-refractivity contribution in [3.05, 3.63) is 32.2 Å². The zero-order valence-corrected chi connectivity index (χ0v) is 15.8. The number of guanidine groups is 1. The van der Waals surface area contributed by atoms with Crippen molar-refractivity contribution in [2.24, 2.45) is 4.99 Å². The Morgan fingerprint density at radius 1 is 1.20 bits per heavy atom. The van der Waals surface area contributed by atoms with Crippen molar-refractivity contribution >= 4 is 28.6 Å². The summed E-state index contributed by atoms with van der Waals surface area (Å²) in [4.78, 5) is 12.5. The average molecular weight is 391 g/mol. The summed E-state index contributed by atoms with van der Waals surface area (Å²) in [5.41, 5.74) is 0.0134. The lowest BCUT2D eigenvalue weighted by Crippen LogP contribution is -2.36. The molecule has 0 atom stereocenters. The molecule has 0 aliphatic carbocycles. The van der Waals surface area contributed by atoms with E-state index in [1.165, 1.54) is 0 Å². The van der Waals surface area contributed by atoms with Crippen molar-refractivity contribution in [3.8, 4) is 0 Å². The molecule has 25 heavy (non-hydrogen) atoms. The van der Waals surface area contributed by atoms with Crippen molar-refractivity contribution in [3.63, 3.8) is 0 Å². The minimum Gasteiger partial charge on any atom is -0.357 e. The van der Waals surface area contributed by atoms with Gasteiger partial charge in [0.05, 0.1) is 23.8 Å². The fourth-order valence-corrected chi connectivity index (χ4v) is 3.41. The zero-order valence-electron chi connectivity index (χ0n) is 14.1. The van der Waals surface area contributed by atoms with Crippen LogP contribution in [0.1, 0.15) is 48.1 Å². The first-order valence-corrected chi connectivity index (χ1v) is 9.53. The smallest absolute Gasteiger partial charge is 0.357 e. The minimum absolute atomic E-state index is 0.181. The van der Waals surface area contributed by atoms with Crippen molar-refractivity contribution in [1.82, 2.24) is 20.6 Å². The highest BCUT2D eigenvalue weighted by Gasteiger charge is 2.33. The molecule has 2 heterocycles. The minimum atomic E-state index is -4.41. The zero-order chi connectivity index (χ0) is 18.4. The van der Waals surface area contributed by atoms with Crippen molar-refractivity contribution in [2.45, 2.75) is 46.0 Å². The SMILES string of the molecule is CCNC(=NCc1csc(C(C)C)n1)NCc1nc(C(F)(F)F)cs1. The highest BCUT2D eigenvalue weighted by atomic mass is 32.1. The Morgan fingerprint density at radius 2 is 1.96 bits per heavy atom. The first-order chi connectivity index (χ1) is 11.8. The van der Waals surface area contributed by atoms with E-state index in [2.05, 4.69) is 39.4 Å². The van der Waals surface area contributed by atoms with Crippen LogP contribution in [0.2, 0.25) is 0 Å². The molecule has 2 aromatic heterocycles. The Bertz CT molecular complexity index is 706. The number of rotatable bonds is 6. The average Bonchev–Trinajstić information content (AvgIpc) is 3.18. The van der Waals surface area contributed by atoms with Crippen LogP contribution in [0.5, 0.6) is 0 Å². The van der Waals surface area contributed by atoms with Gasteiger partial charge in [-0.3, -0.25) is 0 Å². The molecule has 0 amide bonds. The summed E-state index contributed by atoms with van der Waals surface area (Å²) in [6.45, 7) is 7.32. The Labute approximate surface area is 152 Å². The lowest BCUT2D eigenvalue weighted by atomic mass is 10.2. The molecule has 0 fully saturated rings. The standard InChI is InChI=1S/C15H20F3N5S2/c1-4-19-14(20-5-10-7-25-13(22-10)9(2)3)21-6-12-23-11(8-24-12)15(16,17)18/h7-9H,4-6H2,1-3H3,(H2,19,20,21). The monoisotopic (exact) mass is 391 g/mol. The maximum Gasteiger partial charge on any atom is 0.434 e. The Morgan fingerprint density at radius 3 is 2.52 bits per heavy atom. The molecule has 0 aliphatic heterocycles. The van der Waals surface area contributed by atoms with Crippen LogP contribution >= 0.6 is 22.7 Å². The number of nitrogens with zero attached hydrogens (tertiary/aromatic N) is 3. The summed E-state index contributed by atoms with van der Waals surface area (Å²) in [5.74, 6) is 0.896. The summed E-state index contributed by atoms with van der Waals surface area (Å²) in [6.07, 6.45) is -4.41. The van der Waals surface area contributed by atoms with Crippen molar-refractivity contribution in [2.75, 3.05) is 6.54 Å². The third kappa shape index (κ3) is 5.96. The molecular weight excluding hydrogens is 371 g/mol. The third-order valence-electron chi connectivity index (χ3n) is 3.06. The van der Waals surface area contributed by atoms with E-state index in [0.29, 0.717) is 30.0 Å². The van der Waals surface area contributed by atoms with Gasteiger partial charge in [0.2, 0.25) is 0 Å². The first-order valence-electron chi connectivity index (χ1n) is 7.77. The van der Waals surface area contributed by atoms with Gasteiger partial charge in [-0.1, -0.05) is 13.8 Å². The predicted molar refractivity (Wildman–Crippen MR) is 95.0 cm³/mol. The van der Waals surface area contributed by atoms with Crippen molar-refractivity contribution < 1.29 is 13.2 Å². The number of alkyl halides is 3. The highest BCUT2D eigenvalue weighted by Crippen LogP contribution is 2.29. The molecule has 2 aromatic rings. The second-order valence-electron chi connectivity index (χ2n) is 5.50. The van der Waals surface area contributed by atoms with Crippen LogP contribution in [-0.2, 0) is 19.3 Å². The largest absolute Gasteiger partial charge is 0.434 e. The normalized spacial score (nSPS) is 12.7. The van der Waals surface area contributed by atoms with Crippen LogP contribution in [0.4, 0.5) is 13.2 Å². The van der Waals surface area contributed by atoms with Gasteiger partial charge < -0.3 is 10.6 Å². The first kappa shape index (κ1) is 19.6. The summed E-state index contributed by atoms with van der Waals surface area (Å²) >= 11 is 2.57. The number of hydrogen-bond donors (Lipinski definition) is 2. The molecule has 0 aromatic carbocycles. The predicted octanol–water partition coefficient (Wildman–Crippen LogP) is 4.00. The number of aliphatic imine (C=N–C) groups is 1. The summed E-state index contributed by atoms with van der Waals surface area (Å²) in [7, 11) is 0. The van der Waals surface area contributed by atoms with Gasteiger partial charge in [0.15, 0.2) is 11.7 Å². The molecule has 138 valence electrons. The number of aromatic nitrogens is 2.